The molecule has 21 heavy (non-hydrogen) atoms. The number of benzene rings is 2. The van der Waals surface area contributed by atoms with Crippen LogP contribution >= 0.6 is 11.6 Å². The van der Waals surface area contributed by atoms with Gasteiger partial charge in [-0.05, 0) is 42.0 Å². The summed E-state index contributed by atoms with van der Waals surface area (Å²) < 4.78 is 0. The molecule has 0 aliphatic heterocycles. The summed E-state index contributed by atoms with van der Waals surface area (Å²) in [5.41, 5.74) is 7.51. The van der Waals surface area contributed by atoms with Crippen molar-refractivity contribution in [3.63, 3.8) is 0 Å². The summed E-state index contributed by atoms with van der Waals surface area (Å²) in [7, 11) is 0. The zero-order valence-electron chi connectivity index (χ0n) is 11.1. The fourth-order valence-corrected chi connectivity index (χ4v) is 2.03. The fraction of sp³-hybridized carbons (Fsp3) is 0.0667. The molecule has 0 radical (unpaired) electrons. The van der Waals surface area contributed by atoms with Gasteiger partial charge in [-0.3, -0.25) is 4.79 Å². The van der Waals surface area contributed by atoms with Crippen LogP contribution in [0.4, 0.5) is 5.69 Å². The molecule has 0 bridgehead atoms. The molecule has 108 valence electrons. The number of nitrogens with one attached hydrogen (secondary N) is 1. The van der Waals surface area contributed by atoms with Gasteiger partial charge in [-0.1, -0.05) is 28.9 Å². The van der Waals surface area contributed by atoms with Crippen LogP contribution in [-0.4, -0.2) is 17.0 Å². The van der Waals surface area contributed by atoms with Crippen molar-refractivity contribution >= 4 is 29.0 Å². The number of carbonyl (C=O) groups excluding carboxylic acids is 1. The minimum absolute atomic E-state index is 0.0202. The molecule has 2 aromatic carbocycles. The van der Waals surface area contributed by atoms with Crippen molar-refractivity contribution in [2.24, 2.45) is 10.9 Å². The number of nitrogens with zero attached hydrogens (tertiary/aromatic N) is 1. The maximum atomic E-state index is 11.9. The van der Waals surface area contributed by atoms with Crippen molar-refractivity contribution in [2.75, 3.05) is 5.32 Å². The SMILES string of the molecule is NC(=NO)c1ccc(NC(=O)Cc2cccc(Cl)c2)cc1. The molecule has 6 heteroatoms. The molecule has 2 rings (SSSR count). The Balaban J connectivity index is 2.00. The first-order chi connectivity index (χ1) is 10.1. The third kappa shape index (κ3) is 4.22. The van der Waals surface area contributed by atoms with Gasteiger partial charge in [0.15, 0.2) is 5.84 Å². The summed E-state index contributed by atoms with van der Waals surface area (Å²) >= 11 is 5.87. The molecular formula is C15H14ClN3O2. The molecule has 0 unspecified atom stereocenters. The topological polar surface area (TPSA) is 87.7 Å². The number of amidine groups is 1. The second-order valence-electron chi connectivity index (χ2n) is 4.42. The molecule has 0 spiro atoms. The maximum absolute atomic E-state index is 11.9. The number of carbonyl (C=O) groups is 1. The lowest BCUT2D eigenvalue weighted by Crippen LogP contribution is -2.15. The number of amides is 1. The van der Waals surface area contributed by atoms with Gasteiger partial charge in [0.05, 0.1) is 6.42 Å². The van der Waals surface area contributed by atoms with E-state index in [2.05, 4.69) is 10.5 Å². The number of rotatable bonds is 4. The Morgan fingerprint density at radius 2 is 1.95 bits per heavy atom. The van der Waals surface area contributed by atoms with Crippen LogP contribution in [-0.2, 0) is 11.2 Å². The van der Waals surface area contributed by atoms with E-state index in [-0.39, 0.29) is 18.2 Å². The first-order valence-electron chi connectivity index (χ1n) is 6.21. The molecule has 4 N–H and O–H groups in total. The maximum Gasteiger partial charge on any atom is 0.228 e. The number of halogens is 1. The summed E-state index contributed by atoms with van der Waals surface area (Å²) in [5, 5.41) is 14.8. The molecule has 0 saturated carbocycles. The van der Waals surface area contributed by atoms with Crippen LogP contribution in [0.5, 0.6) is 0 Å². The van der Waals surface area contributed by atoms with Crippen LogP contribution in [0.1, 0.15) is 11.1 Å². The highest BCUT2D eigenvalue weighted by atomic mass is 35.5. The van der Waals surface area contributed by atoms with Crippen molar-refractivity contribution in [3.05, 3.63) is 64.7 Å². The molecule has 1 amide bonds. The third-order valence-electron chi connectivity index (χ3n) is 2.83. The summed E-state index contributed by atoms with van der Waals surface area (Å²) in [6.07, 6.45) is 0.239. The predicted molar refractivity (Wildman–Crippen MR) is 82.7 cm³/mol. The Hall–Kier alpha value is -2.53. The van der Waals surface area contributed by atoms with Gasteiger partial charge in [-0.15, -0.1) is 0 Å². The third-order valence-corrected chi connectivity index (χ3v) is 3.06. The van der Waals surface area contributed by atoms with Crippen LogP contribution in [0, 0.1) is 0 Å². The van der Waals surface area contributed by atoms with Crippen LogP contribution in [0.3, 0.4) is 0 Å². The van der Waals surface area contributed by atoms with Gasteiger partial charge in [0.1, 0.15) is 0 Å². The highest BCUT2D eigenvalue weighted by Crippen LogP contribution is 2.13. The van der Waals surface area contributed by atoms with Gasteiger partial charge < -0.3 is 16.3 Å². The van der Waals surface area contributed by atoms with Crippen LogP contribution in [0.15, 0.2) is 53.7 Å². The van der Waals surface area contributed by atoms with E-state index in [0.717, 1.165) is 5.56 Å². The minimum atomic E-state index is -0.145. The Morgan fingerprint density at radius 3 is 2.57 bits per heavy atom. The lowest BCUT2D eigenvalue weighted by molar-refractivity contribution is -0.115. The van der Waals surface area contributed by atoms with Gasteiger partial charge >= 0.3 is 0 Å². The normalized spacial score (nSPS) is 11.2. The molecule has 0 heterocycles. The quantitative estimate of drug-likeness (QED) is 0.351. The summed E-state index contributed by atoms with van der Waals surface area (Å²) in [6, 6.07) is 13.8. The Kier molecular flexibility index (Phi) is 4.79. The van der Waals surface area contributed by atoms with Crippen molar-refractivity contribution in [1.82, 2.24) is 0 Å². The van der Waals surface area contributed by atoms with Crippen molar-refractivity contribution in [3.8, 4) is 0 Å². The first-order valence-corrected chi connectivity index (χ1v) is 6.58. The Morgan fingerprint density at radius 1 is 1.24 bits per heavy atom. The predicted octanol–water partition coefficient (Wildman–Crippen LogP) is 2.62. The van der Waals surface area contributed by atoms with Crippen molar-refractivity contribution < 1.29 is 10.0 Å². The lowest BCUT2D eigenvalue weighted by Gasteiger charge is -2.06. The molecule has 0 aliphatic rings. The van der Waals surface area contributed by atoms with Crippen LogP contribution in [0.25, 0.3) is 0 Å². The van der Waals surface area contributed by atoms with Crippen molar-refractivity contribution in [2.45, 2.75) is 6.42 Å². The van der Waals surface area contributed by atoms with Gasteiger partial charge in [-0.25, -0.2) is 0 Å². The van der Waals surface area contributed by atoms with Crippen molar-refractivity contribution in [1.29, 1.82) is 0 Å². The molecule has 0 fully saturated rings. The van der Waals surface area contributed by atoms with E-state index in [1.54, 1.807) is 42.5 Å². The summed E-state index contributed by atoms with van der Waals surface area (Å²) in [4.78, 5) is 11.9. The van der Waals surface area contributed by atoms with Gasteiger partial charge in [0, 0.05) is 16.3 Å². The summed E-state index contributed by atoms with van der Waals surface area (Å²) in [6.45, 7) is 0. The summed E-state index contributed by atoms with van der Waals surface area (Å²) in [5.74, 6) is -0.124. The molecule has 0 atom stereocenters. The largest absolute Gasteiger partial charge is 0.409 e. The second kappa shape index (κ2) is 6.76. The van der Waals surface area contributed by atoms with E-state index in [1.165, 1.54) is 0 Å². The highest BCUT2D eigenvalue weighted by molar-refractivity contribution is 6.30. The molecular weight excluding hydrogens is 290 g/mol. The first kappa shape index (κ1) is 14.9. The zero-order chi connectivity index (χ0) is 15.2. The lowest BCUT2D eigenvalue weighted by atomic mass is 10.1. The zero-order valence-corrected chi connectivity index (χ0v) is 11.8. The fourth-order valence-electron chi connectivity index (χ4n) is 1.82. The van der Waals surface area contributed by atoms with Gasteiger partial charge in [0.2, 0.25) is 5.91 Å². The Bertz CT molecular complexity index is 669. The number of hydrogen-bond acceptors (Lipinski definition) is 3. The second-order valence-corrected chi connectivity index (χ2v) is 4.85. The van der Waals surface area contributed by atoms with Gasteiger partial charge in [-0.2, -0.15) is 0 Å². The molecule has 0 aliphatic carbocycles. The van der Waals surface area contributed by atoms with E-state index in [1.807, 2.05) is 6.07 Å². The standard InChI is InChI=1S/C15H14ClN3O2/c16-12-3-1-2-10(8-12)9-14(20)18-13-6-4-11(5-7-13)15(17)19-21/h1-8,21H,9H2,(H2,17,19)(H,18,20). The molecule has 0 saturated heterocycles. The number of anilines is 1. The van der Waals surface area contributed by atoms with E-state index in [9.17, 15) is 4.79 Å². The monoisotopic (exact) mass is 303 g/mol. The average molecular weight is 304 g/mol. The van der Waals surface area contributed by atoms with Crippen LogP contribution < -0.4 is 11.1 Å². The van der Waals surface area contributed by atoms with E-state index in [4.69, 9.17) is 22.5 Å². The number of oxime groups is 1. The van der Waals surface area contributed by atoms with Gasteiger partial charge in [0.25, 0.3) is 0 Å². The van der Waals surface area contributed by atoms with E-state index < -0.39 is 0 Å². The van der Waals surface area contributed by atoms with Crippen LogP contribution in [0.2, 0.25) is 5.02 Å². The molecule has 0 aromatic heterocycles. The number of nitrogens with two attached hydrogens (primary N) is 1. The smallest absolute Gasteiger partial charge is 0.228 e. The van der Waals surface area contributed by atoms with E-state index in [0.29, 0.717) is 16.3 Å². The number of hydrogen-bond donors (Lipinski definition) is 3. The molecule has 2 aromatic rings. The minimum Gasteiger partial charge on any atom is -0.409 e. The van der Waals surface area contributed by atoms with E-state index >= 15 is 0 Å². The molecule has 5 nitrogen and oxygen atoms in total. The Labute approximate surface area is 127 Å². The average Bonchev–Trinajstić information content (AvgIpc) is 2.47. The highest BCUT2D eigenvalue weighted by Gasteiger charge is 2.05.